The molecular formula is C41H34N4O5S. The number of amides is 3. The lowest BCUT2D eigenvalue weighted by molar-refractivity contribution is -0.115. The lowest BCUT2D eigenvalue weighted by atomic mass is 9.83. The molecule has 0 saturated heterocycles. The van der Waals surface area contributed by atoms with Gasteiger partial charge in [0, 0.05) is 52.6 Å². The number of nitrogens with zero attached hydrogens (tertiary/aromatic N) is 1. The number of anilines is 3. The van der Waals surface area contributed by atoms with Crippen molar-refractivity contribution in [2.45, 2.75) is 17.1 Å². The average molecular weight is 695 g/mol. The van der Waals surface area contributed by atoms with Gasteiger partial charge in [-0.25, -0.2) is 0 Å². The predicted molar refractivity (Wildman–Crippen MR) is 201 cm³/mol. The molecule has 0 saturated carbocycles. The van der Waals surface area contributed by atoms with E-state index in [2.05, 4.69) is 16.0 Å². The number of hydrogen-bond donors (Lipinski definition) is 3. The van der Waals surface area contributed by atoms with E-state index in [0.29, 0.717) is 22.4 Å². The Bertz CT molecular complexity index is 2180. The van der Waals surface area contributed by atoms with Crippen LogP contribution in [0.2, 0.25) is 0 Å². The normalized spacial score (nSPS) is 12.6. The maximum Gasteiger partial charge on any atom is 0.272 e. The van der Waals surface area contributed by atoms with Gasteiger partial charge < -0.3 is 20.9 Å². The third-order valence-electron chi connectivity index (χ3n) is 8.25. The van der Waals surface area contributed by atoms with Crippen molar-refractivity contribution < 1.29 is 24.0 Å². The number of fused-ring (bicyclic) bond motifs is 2. The number of carbonyl (C=O) groups is 5. The monoisotopic (exact) mass is 694 g/mol. The fourth-order valence-corrected chi connectivity index (χ4v) is 6.40. The van der Waals surface area contributed by atoms with Crippen molar-refractivity contribution in [2.24, 2.45) is 0 Å². The molecule has 0 aromatic heterocycles. The first-order valence-electron chi connectivity index (χ1n) is 16.1. The van der Waals surface area contributed by atoms with Gasteiger partial charge in [-0.3, -0.25) is 24.0 Å². The lowest BCUT2D eigenvalue weighted by Gasteiger charge is -2.21. The SMILES string of the molecule is CC(Sc1ccc(NC(=O)/C(=C/c2ccc(N(C)C)cc2)NC(=O)c2ccccc2)cc1)C(=O)Nc1cccc2c1C(=O)c1ccccc1C2=O. The molecule has 9 nitrogen and oxygen atoms in total. The van der Waals surface area contributed by atoms with Crippen LogP contribution in [0.4, 0.5) is 17.1 Å². The molecule has 51 heavy (non-hydrogen) atoms. The summed E-state index contributed by atoms with van der Waals surface area (Å²) >= 11 is 1.29. The average Bonchev–Trinajstić information content (AvgIpc) is 3.14. The minimum absolute atomic E-state index is 0.0666. The Hall–Kier alpha value is -6.26. The highest BCUT2D eigenvalue weighted by Gasteiger charge is 2.32. The zero-order valence-corrected chi connectivity index (χ0v) is 28.9. The van der Waals surface area contributed by atoms with Gasteiger partial charge in [0.25, 0.3) is 11.8 Å². The molecule has 254 valence electrons. The van der Waals surface area contributed by atoms with Crippen molar-refractivity contribution in [1.29, 1.82) is 0 Å². The largest absolute Gasteiger partial charge is 0.378 e. The van der Waals surface area contributed by atoms with E-state index in [4.69, 9.17) is 0 Å². The Labute approximate surface area is 299 Å². The van der Waals surface area contributed by atoms with Crippen LogP contribution in [-0.4, -0.2) is 48.6 Å². The lowest BCUT2D eigenvalue weighted by Crippen LogP contribution is -2.30. The molecule has 6 rings (SSSR count). The van der Waals surface area contributed by atoms with E-state index in [1.807, 2.05) is 49.3 Å². The third kappa shape index (κ3) is 7.82. The van der Waals surface area contributed by atoms with Crippen LogP contribution in [-0.2, 0) is 9.59 Å². The summed E-state index contributed by atoms with van der Waals surface area (Å²) in [5, 5.41) is 7.88. The van der Waals surface area contributed by atoms with Crippen molar-refractivity contribution in [3.05, 3.63) is 160 Å². The molecule has 1 unspecified atom stereocenters. The molecule has 0 spiro atoms. The van der Waals surface area contributed by atoms with Crippen LogP contribution in [0.15, 0.2) is 132 Å². The minimum Gasteiger partial charge on any atom is -0.378 e. The molecule has 0 fully saturated rings. The van der Waals surface area contributed by atoms with Gasteiger partial charge in [-0.15, -0.1) is 11.8 Å². The Morgan fingerprint density at radius 1 is 0.686 bits per heavy atom. The van der Waals surface area contributed by atoms with Gasteiger partial charge in [0.2, 0.25) is 5.91 Å². The molecule has 3 N–H and O–H groups in total. The van der Waals surface area contributed by atoms with Crippen LogP contribution in [0.3, 0.4) is 0 Å². The zero-order chi connectivity index (χ0) is 36.1. The Morgan fingerprint density at radius 3 is 1.98 bits per heavy atom. The summed E-state index contributed by atoms with van der Waals surface area (Å²) in [4.78, 5) is 69.0. The Balaban J connectivity index is 1.13. The number of benzene rings is 5. The van der Waals surface area contributed by atoms with E-state index in [9.17, 15) is 24.0 Å². The van der Waals surface area contributed by atoms with Crippen LogP contribution in [0, 0.1) is 0 Å². The van der Waals surface area contributed by atoms with E-state index < -0.39 is 17.1 Å². The molecule has 10 heteroatoms. The van der Waals surface area contributed by atoms with E-state index in [1.54, 1.807) is 104 Å². The molecule has 0 heterocycles. The smallest absolute Gasteiger partial charge is 0.272 e. The van der Waals surface area contributed by atoms with Gasteiger partial charge in [0.1, 0.15) is 5.70 Å². The topological polar surface area (TPSA) is 125 Å². The highest BCUT2D eigenvalue weighted by molar-refractivity contribution is 8.00. The Kier molecular flexibility index (Phi) is 10.2. The first-order valence-corrected chi connectivity index (χ1v) is 17.0. The second-order valence-corrected chi connectivity index (χ2v) is 13.4. The van der Waals surface area contributed by atoms with Crippen LogP contribution >= 0.6 is 11.8 Å². The predicted octanol–water partition coefficient (Wildman–Crippen LogP) is 7.06. The highest BCUT2D eigenvalue weighted by atomic mass is 32.2. The third-order valence-corrected chi connectivity index (χ3v) is 9.37. The fraction of sp³-hybridized carbons (Fsp3) is 0.0976. The molecule has 0 radical (unpaired) electrons. The van der Waals surface area contributed by atoms with Crippen LogP contribution in [0.1, 0.15) is 54.7 Å². The van der Waals surface area contributed by atoms with Gasteiger partial charge in [0.05, 0.1) is 16.5 Å². The maximum absolute atomic E-state index is 13.5. The quantitative estimate of drug-likeness (QED) is 0.104. The van der Waals surface area contributed by atoms with Gasteiger partial charge in [0.15, 0.2) is 11.6 Å². The standard InChI is InChI=1S/C41H34N4O5S/c1-25(39(48)43-34-15-9-14-33-36(34)38(47)32-13-8-7-12-31(32)37(33)46)51-30-22-18-28(19-23-30)42-41(50)35(44-40(49)27-10-5-4-6-11-27)24-26-16-20-29(21-17-26)45(2)3/h4-25H,1-3H3,(H,42,50)(H,43,48)(H,44,49)/b35-24-. The molecule has 5 aromatic rings. The fourth-order valence-electron chi connectivity index (χ4n) is 5.53. The molecule has 3 amide bonds. The van der Waals surface area contributed by atoms with Crippen LogP contribution < -0.4 is 20.9 Å². The first kappa shape index (κ1) is 34.6. The second kappa shape index (κ2) is 15.1. The highest BCUT2D eigenvalue weighted by Crippen LogP contribution is 2.33. The van der Waals surface area contributed by atoms with Crippen molar-refractivity contribution in [1.82, 2.24) is 5.32 Å². The second-order valence-electron chi connectivity index (χ2n) is 12.0. The maximum atomic E-state index is 13.5. The van der Waals surface area contributed by atoms with Gasteiger partial charge in [-0.05, 0) is 73.2 Å². The van der Waals surface area contributed by atoms with E-state index >= 15 is 0 Å². The summed E-state index contributed by atoms with van der Waals surface area (Å²) in [6, 6.07) is 34.7. The van der Waals surface area contributed by atoms with Crippen LogP contribution in [0.5, 0.6) is 0 Å². The summed E-state index contributed by atoms with van der Waals surface area (Å²) in [6.07, 6.45) is 1.62. The van der Waals surface area contributed by atoms with Crippen molar-refractivity contribution in [2.75, 3.05) is 29.6 Å². The van der Waals surface area contributed by atoms with Gasteiger partial charge in [-0.2, -0.15) is 0 Å². The van der Waals surface area contributed by atoms with Gasteiger partial charge >= 0.3 is 0 Å². The van der Waals surface area contributed by atoms with E-state index in [-0.39, 0.29) is 40.0 Å². The molecule has 5 aromatic carbocycles. The van der Waals surface area contributed by atoms with Crippen molar-refractivity contribution >= 4 is 64.2 Å². The molecular weight excluding hydrogens is 661 g/mol. The first-order chi connectivity index (χ1) is 24.6. The Morgan fingerprint density at radius 2 is 1.31 bits per heavy atom. The summed E-state index contributed by atoms with van der Waals surface area (Å²) in [6.45, 7) is 1.74. The summed E-state index contributed by atoms with van der Waals surface area (Å²) < 4.78 is 0. The molecule has 0 aliphatic heterocycles. The zero-order valence-electron chi connectivity index (χ0n) is 28.1. The molecule has 1 aliphatic carbocycles. The van der Waals surface area contributed by atoms with Crippen molar-refractivity contribution in [3.8, 4) is 0 Å². The summed E-state index contributed by atoms with van der Waals surface area (Å²) in [5.74, 6) is -1.84. The van der Waals surface area contributed by atoms with Crippen molar-refractivity contribution in [3.63, 3.8) is 0 Å². The van der Waals surface area contributed by atoms with Gasteiger partial charge in [-0.1, -0.05) is 66.7 Å². The minimum atomic E-state index is -0.565. The van der Waals surface area contributed by atoms with E-state index in [0.717, 1.165) is 16.1 Å². The number of ketones is 2. The molecule has 1 aliphatic rings. The van der Waals surface area contributed by atoms with E-state index in [1.165, 1.54) is 11.8 Å². The summed E-state index contributed by atoms with van der Waals surface area (Å²) in [7, 11) is 3.87. The number of rotatable bonds is 10. The summed E-state index contributed by atoms with van der Waals surface area (Å²) in [5.41, 5.74) is 4.08. The number of thioether (sulfide) groups is 1. The number of hydrogen-bond acceptors (Lipinski definition) is 7. The number of nitrogens with one attached hydrogen (secondary N) is 3. The molecule has 1 atom stereocenters. The molecule has 0 bridgehead atoms. The number of carbonyl (C=O) groups excluding carboxylic acids is 5. The van der Waals surface area contributed by atoms with Crippen LogP contribution in [0.25, 0.3) is 6.08 Å².